The number of carboxylic acids is 1. The number of hydrogen-bond donors (Lipinski definition) is 2. The summed E-state index contributed by atoms with van der Waals surface area (Å²) in [5, 5.41) is 12.3. The first-order chi connectivity index (χ1) is 15.2. The van der Waals surface area contributed by atoms with Crippen LogP contribution in [0.2, 0.25) is 5.02 Å². The van der Waals surface area contributed by atoms with E-state index in [2.05, 4.69) is 5.32 Å². The predicted molar refractivity (Wildman–Crippen MR) is 125 cm³/mol. The Morgan fingerprint density at radius 2 is 1.56 bits per heavy atom. The van der Waals surface area contributed by atoms with Crippen molar-refractivity contribution in [2.24, 2.45) is 0 Å². The Morgan fingerprint density at radius 3 is 2.16 bits per heavy atom. The molecule has 0 aromatic heterocycles. The smallest absolute Gasteiger partial charge is 0.335 e. The molecule has 0 heterocycles. The topological polar surface area (TPSA) is 86.7 Å². The van der Waals surface area contributed by atoms with Crippen molar-refractivity contribution in [3.05, 3.63) is 94.0 Å². The molecule has 0 saturated carbocycles. The molecule has 0 aliphatic carbocycles. The molecule has 0 saturated heterocycles. The van der Waals surface area contributed by atoms with Crippen molar-refractivity contribution >= 4 is 40.8 Å². The van der Waals surface area contributed by atoms with Crippen LogP contribution in [-0.4, -0.2) is 29.4 Å². The molecule has 6 nitrogen and oxygen atoms in total. The van der Waals surface area contributed by atoms with Gasteiger partial charge in [0.2, 0.25) is 11.8 Å². The van der Waals surface area contributed by atoms with Gasteiger partial charge in [-0.05, 0) is 79.1 Å². The number of carboxylic acid groups (broad SMARTS) is 1. The molecule has 0 unspecified atom stereocenters. The second kappa shape index (κ2) is 10.1. The summed E-state index contributed by atoms with van der Waals surface area (Å²) in [6.45, 7) is 3.74. The largest absolute Gasteiger partial charge is 0.478 e. The van der Waals surface area contributed by atoms with Gasteiger partial charge in [0.05, 0.1) is 12.0 Å². The summed E-state index contributed by atoms with van der Waals surface area (Å²) in [6.07, 6.45) is 0.116. The third-order valence-electron chi connectivity index (χ3n) is 5.09. The Balaban J connectivity index is 1.80. The molecule has 3 rings (SSSR count). The van der Waals surface area contributed by atoms with E-state index in [1.807, 2.05) is 32.0 Å². The van der Waals surface area contributed by atoms with Gasteiger partial charge in [0, 0.05) is 16.4 Å². The highest BCUT2D eigenvalue weighted by atomic mass is 35.5. The summed E-state index contributed by atoms with van der Waals surface area (Å²) in [6, 6.07) is 18.4. The monoisotopic (exact) mass is 450 g/mol. The molecule has 0 fully saturated rings. The van der Waals surface area contributed by atoms with Gasteiger partial charge < -0.3 is 15.3 Å². The number of aromatic carboxylic acids is 1. The highest BCUT2D eigenvalue weighted by Gasteiger charge is 2.20. The summed E-state index contributed by atoms with van der Waals surface area (Å²) >= 11 is 5.93. The molecular formula is C25H23ClN2O4. The highest BCUT2D eigenvalue weighted by molar-refractivity contribution is 6.30. The van der Waals surface area contributed by atoms with Crippen LogP contribution >= 0.6 is 11.6 Å². The third kappa shape index (κ3) is 5.95. The highest BCUT2D eigenvalue weighted by Crippen LogP contribution is 2.21. The molecule has 0 aliphatic rings. The lowest BCUT2D eigenvalue weighted by molar-refractivity contribution is -0.121. The number of halogens is 1. The molecule has 0 bridgehead atoms. The first kappa shape index (κ1) is 23.0. The maximum absolute atomic E-state index is 13.1. The number of carbonyl (C=O) groups is 3. The first-order valence-corrected chi connectivity index (χ1v) is 10.4. The van der Waals surface area contributed by atoms with Crippen molar-refractivity contribution in [1.82, 2.24) is 0 Å². The quantitative estimate of drug-likeness (QED) is 0.537. The van der Waals surface area contributed by atoms with Crippen molar-refractivity contribution in [3.8, 4) is 0 Å². The Bertz CT molecular complexity index is 1140. The number of amides is 2. The van der Waals surface area contributed by atoms with Crippen LogP contribution in [0.4, 0.5) is 11.4 Å². The van der Waals surface area contributed by atoms with Gasteiger partial charge in [-0.25, -0.2) is 4.79 Å². The fourth-order valence-electron chi connectivity index (χ4n) is 3.13. The Kier molecular flexibility index (Phi) is 7.28. The molecule has 0 spiro atoms. The van der Waals surface area contributed by atoms with Crippen LogP contribution in [0.15, 0.2) is 66.7 Å². The molecule has 3 aromatic rings. The van der Waals surface area contributed by atoms with Crippen LogP contribution < -0.4 is 10.2 Å². The van der Waals surface area contributed by atoms with E-state index < -0.39 is 11.9 Å². The summed E-state index contributed by atoms with van der Waals surface area (Å²) < 4.78 is 0. The standard InChI is InChI=1S/C25H23ClN2O4/c1-16-3-12-22(13-17(16)2)28(24(30)14-18-4-8-20(26)9-5-18)15-23(29)27-21-10-6-19(7-11-21)25(31)32/h3-13H,14-15H2,1-2H3,(H,27,29)(H,31,32). The number of anilines is 2. The number of carbonyl (C=O) groups excluding carboxylic acids is 2. The van der Waals surface area contributed by atoms with Gasteiger partial charge >= 0.3 is 5.97 Å². The SMILES string of the molecule is Cc1ccc(N(CC(=O)Nc2ccc(C(=O)O)cc2)C(=O)Cc2ccc(Cl)cc2)cc1C. The average molecular weight is 451 g/mol. The maximum Gasteiger partial charge on any atom is 0.335 e. The van der Waals surface area contributed by atoms with Crippen LogP contribution in [0.25, 0.3) is 0 Å². The van der Waals surface area contributed by atoms with E-state index in [1.54, 1.807) is 24.3 Å². The zero-order valence-corrected chi connectivity index (χ0v) is 18.5. The summed E-state index contributed by atoms with van der Waals surface area (Å²) in [5.74, 6) is -1.67. The second-order valence-electron chi connectivity index (χ2n) is 7.48. The maximum atomic E-state index is 13.1. The van der Waals surface area contributed by atoms with Crippen molar-refractivity contribution in [1.29, 1.82) is 0 Å². The zero-order valence-electron chi connectivity index (χ0n) is 17.8. The van der Waals surface area contributed by atoms with Crippen molar-refractivity contribution < 1.29 is 19.5 Å². The Hall–Kier alpha value is -3.64. The van der Waals surface area contributed by atoms with Gasteiger partial charge in [0.25, 0.3) is 0 Å². The summed E-state index contributed by atoms with van der Waals surface area (Å²) in [5.41, 5.74) is 4.09. The normalized spacial score (nSPS) is 10.5. The lowest BCUT2D eigenvalue weighted by atomic mass is 10.1. The number of hydrogen-bond acceptors (Lipinski definition) is 3. The molecule has 0 atom stereocenters. The minimum atomic E-state index is -1.04. The van der Waals surface area contributed by atoms with E-state index in [0.29, 0.717) is 16.4 Å². The van der Waals surface area contributed by atoms with Gasteiger partial charge in [-0.15, -0.1) is 0 Å². The summed E-state index contributed by atoms with van der Waals surface area (Å²) in [4.78, 5) is 38.3. The van der Waals surface area contributed by atoms with E-state index in [1.165, 1.54) is 29.2 Å². The third-order valence-corrected chi connectivity index (χ3v) is 5.34. The molecule has 164 valence electrons. The molecule has 7 heteroatoms. The van der Waals surface area contributed by atoms with Crippen LogP contribution in [0.3, 0.4) is 0 Å². The minimum Gasteiger partial charge on any atom is -0.478 e. The first-order valence-electron chi connectivity index (χ1n) is 9.98. The van der Waals surface area contributed by atoms with E-state index >= 15 is 0 Å². The molecule has 3 aromatic carbocycles. The average Bonchev–Trinajstić information content (AvgIpc) is 2.76. The van der Waals surface area contributed by atoms with Crippen LogP contribution in [0, 0.1) is 13.8 Å². The number of rotatable bonds is 7. The minimum absolute atomic E-state index is 0.116. The van der Waals surface area contributed by atoms with Gasteiger partial charge in [0.1, 0.15) is 6.54 Å². The molecule has 32 heavy (non-hydrogen) atoms. The van der Waals surface area contributed by atoms with Gasteiger partial charge in [-0.1, -0.05) is 29.8 Å². The molecule has 2 amide bonds. The zero-order chi connectivity index (χ0) is 23.3. The lowest BCUT2D eigenvalue weighted by Gasteiger charge is -2.23. The number of benzene rings is 3. The Morgan fingerprint density at radius 1 is 0.906 bits per heavy atom. The molecule has 0 radical (unpaired) electrons. The molecular weight excluding hydrogens is 428 g/mol. The number of nitrogens with zero attached hydrogens (tertiary/aromatic N) is 1. The van der Waals surface area contributed by atoms with E-state index in [0.717, 1.165) is 16.7 Å². The second-order valence-corrected chi connectivity index (χ2v) is 7.92. The van der Waals surface area contributed by atoms with Crippen LogP contribution in [-0.2, 0) is 16.0 Å². The van der Waals surface area contributed by atoms with Crippen LogP contribution in [0.5, 0.6) is 0 Å². The van der Waals surface area contributed by atoms with Gasteiger partial charge in [-0.2, -0.15) is 0 Å². The Labute approximate surface area is 191 Å². The molecule has 2 N–H and O–H groups in total. The van der Waals surface area contributed by atoms with E-state index in [-0.39, 0.29) is 24.4 Å². The fourth-order valence-corrected chi connectivity index (χ4v) is 3.26. The van der Waals surface area contributed by atoms with E-state index in [9.17, 15) is 14.4 Å². The summed E-state index contributed by atoms with van der Waals surface area (Å²) in [7, 11) is 0. The fraction of sp³-hybridized carbons (Fsp3) is 0.160. The van der Waals surface area contributed by atoms with Gasteiger partial charge in [-0.3, -0.25) is 9.59 Å². The molecule has 0 aliphatic heterocycles. The number of nitrogens with one attached hydrogen (secondary N) is 1. The van der Waals surface area contributed by atoms with Gasteiger partial charge in [0.15, 0.2) is 0 Å². The number of aryl methyl sites for hydroxylation is 2. The van der Waals surface area contributed by atoms with Crippen molar-refractivity contribution in [2.75, 3.05) is 16.8 Å². The van der Waals surface area contributed by atoms with E-state index in [4.69, 9.17) is 16.7 Å². The van der Waals surface area contributed by atoms with Crippen molar-refractivity contribution in [2.45, 2.75) is 20.3 Å². The predicted octanol–water partition coefficient (Wildman–Crippen LogP) is 4.87. The lowest BCUT2D eigenvalue weighted by Crippen LogP contribution is -2.39. The van der Waals surface area contributed by atoms with Crippen molar-refractivity contribution in [3.63, 3.8) is 0 Å². The van der Waals surface area contributed by atoms with Crippen LogP contribution in [0.1, 0.15) is 27.0 Å².